The normalized spacial score (nSPS) is 12.5. The van der Waals surface area contributed by atoms with Crippen LogP contribution in [0.4, 0.5) is 0 Å². The Morgan fingerprint density at radius 2 is 0.629 bits per heavy atom. The Bertz CT molecular complexity index is 1130. The van der Waals surface area contributed by atoms with Gasteiger partial charge in [-0.15, -0.1) is 0 Å². The molecule has 62 heavy (non-hydrogen) atoms. The highest BCUT2D eigenvalue weighted by Crippen LogP contribution is 2.15. The molecule has 0 unspecified atom stereocenters. The van der Waals surface area contributed by atoms with Gasteiger partial charge in [-0.3, -0.25) is 14.4 Å². The molecular weight excluding hydrogens is 769 g/mol. The highest BCUT2D eigenvalue weighted by molar-refractivity contribution is 5.71. The third kappa shape index (κ3) is 48.1. The van der Waals surface area contributed by atoms with Crippen LogP contribution >= 0.6 is 0 Å². The molecule has 0 N–H and O–H groups in total. The van der Waals surface area contributed by atoms with Crippen LogP contribution in [-0.4, -0.2) is 37.2 Å². The minimum atomic E-state index is -0.794. The first-order valence-corrected chi connectivity index (χ1v) is 26.3. The quantitative estimate of drug-likeness (QED) is 0.0262. The van der Waals surface area contributed by atoms with Crippen molar-refractivity contribution in [2.24, 2.45) is 0 Å². The van der Waals surface area contributed by atoms with Gasteiger partial charge in [0.2, 0.25) is 0 Å². The van der Waals surface area contributed by atoms with Crippen LogP contribution in [0.1, 0.15) is 258 Å². The number of allylic oxidation sites excluding steroid dienone is 10. The smallest absolute Gasteiger partial charge is 0.306 e. The molecule has 0 fully saturated rings. The first-order valence-electron chi connectivity index (χ1n) is 26.3. The van der Waals surface area contributed by atoms with Crippen molar-refractivity contribution >= 4 is 17.9 Å². The van der Waals surface area contributed by atoms with Crippen molar-refractivity contribution in [3.8, 4) is 0 Å². The minimum Gasteiger partial charge on any atom is -0.462 e. The molecule has 0 aromatic carbocycles. The molecule has 0 rings (SSSR count). The first kappa shape index (κ1) is 59.1. The topological polar surface area (TPSA) is 78.9 Å². The van der Waals surface area contributed by atoms with Crippen LogP contribution in [0.25, 0.3) is 0 Å². The summed E-state index contributed by atoms with van der Waals surface area (Å²) in [5.74, 6) is -0.934. The van der Waals surface area contributed by atoms with E-state index in [1.807, 2.05) is 0 Å². The van der Waals surface area contributed by atoms with Crippen LogP contribution in [-0.2, 0) is 28.6 Å². The fourth-order valence-corrected chi connectivity index (χ4v) is 7.31. The van der Waals surface area contributed by atoms with Gasteiger partial charge in [0.05, 0.1) is 0 Å². The number of rotatable bonds is 47. The van der Waals surface area contributed by atoms with Crippen molar-refractivity contribution in [2.75, 3.05) is 13.2 Å². The van der Waals surface area contributed by atoms with Crippen molar-refractivity contribution in [3.63, 3.8) is 0 Å². The van der Waals surface area contributed by atoms with Crippen LogP contribution in [0, 0.1) is 0 Å². The molecule has 0 saturated carbocycles. The molecule has 0 spiro atoms. The number of hydrogen-bond donors (Lipinski definition) is 0. The second-order valence-electron chi connectivity index (χ2n) is 17.4. The van der Waals surface area contributed by atoms with Gasteiger partial charge in [0.25, 0.3) is 0 Å². The van der Waals surface area contributed by atoms with E-state index in [4.69, 9.17) is 14.2 Å². The number of hydrogen-bond acceptors (Lipinski definition) is 6. The van der Waals surface area contributed by atoms with E-state index in [1.54, 1.807) is 0 Å². The Morgan fingerprint density at radius 3 is 1.03 bits per heavy atom. The van der Waals surface area contributed by atoms with E-state index in [2.05, 4.69) is 81.5 Å². The zero-order valence-electron chi connectivity index (χ0n) is 40.9. The van der Waals surface area contributed by atoms with Gasteiger partial charge in [0.15, 0.2) is 6.10 Å². The molecule has 0 amide bonds. The summed E-state index contributed by atoms with van der Waals surface area (Å²) in [5, 5.41) is 0. The van der Waals surface area contributed by atoms with Gasteiger partial charge < -0.3 is 14.2 Å². The number of ether oxygens (including phenoxy) is 3. The summed E-state index contributed by atoms with van der Waals surface area (Å²) in [4.78, 5) is 37.9. The fourth-order valence-electron chi connectivity index (χ4n) is 7.31. The van der Waals surface area contributed by atoms with E-state index in [-0.39, 0.29) is 37.5 Å². The molecule has 0 aliphatic carbocycles. The lowest BCUT2D eigenvalue weighted by molar-refractivity contribution is -0.167. The van der Waals surface area contributed by atoms with Crippen molar-refractivity contribution in [1.29, 1.82) is 0 Å². The highest BCUT2D eigenvalue weighted by Gasteiger charge is 2.19. The van der Waals surface area contributed by atoms with Gasteiger partial charge in [-0.25, -0.2) is 0 Å². The van der Waals surface area contributed by atoms with Crippen molar-refractivity contribution in [1.82, 2.24) is 0 Å². The summed E-state index contributed by atoms with van der Waals surface area (Å²) in [7, 11) is 0. The van der Waals surface area contributed by atoms with E-state index in [0.29, 0.717) is 19.3 Å². The van der Waals surface area contributed by atoms with Gasteiger partial charge in [-0.05, 0) is 83.5 Å². The monoisotopic (exact) mass is 867 g/mol. The lowest BCUT2D eigenvalue weighted by Gasteiger charge is -2.18. The second kappa shape index (κ2) is 50.8. The van der Waals surface area contributed by atoms with Crippen molar-refractivity contribution in [2.45, 2.75) is 264 Å². The molecule has 0 aromatic heterocycles. The first-order chi connectivity index (χ1) is 30.5. The van der Waals surface area contributed by atoms with Gasteiger partial charge in [0, 0.05) is 19.3 Å². The third-order valence-corrected chi connectivity index (χ3v) is 11.3. The molecule has 6 heteroatoms. The number of esters is 3. The Morgan fingerprint density at radius 1 is 0.339 bits per heavy atom. The third-order valence-electron chi connectivity index (χ3n) is 11.3. The molecule has 1 atom stereocenters. The molecule has 0 radical (unpaired) electrons. The van der Waals surface area contributed by atoms with Crippen molar-refractivity contribution in [3.05, 3.63) is 60.8 Å². The Balaban J connectivity index is 4.37. The van der Waals surface area contributed by atoms with Crippen LogP contribution in [0.15, 0.2) is 60.8 Å². The maximum absolute atomic E-state index is 12.8. The van der Waals surface area contributed by atoms with E-state index < -0.39 is 6.10 Å². The van der Waals surface area contributed by atoms with Crippen molar-refractivity contribution < 1.29 is 28.6 Å². The average Bonchev–Trinajstić information content (AvgIpc) is 3.27. The molecule has 0 aliphatic heterocycles. The Hall–Kier alpha value is -2.89. The molecule has 358 valence electrons. The van der Waals surface area contributed by atoms with Crippen LogP contribution in [0.2, 0.25) is 0 Å². The lowest BCUT2D eigenvalue weighted by atomic mass is 10.1. The SMILES string of the molecule is CC/C=C\C/C=C\C/C=C\C/C=C\CCCCC(=O)O[C@@H](COC(=O)CCCCCCCCC/C=C\CCCCCCCCCC)COC(=O)CCCCCCCCCCCC. The zero-order chi connectivity index (χ0) is 45.1. The molecule has 0 heterocycles. The molecule has 0 aromatic rings. The summed E-state index contributed by atoms with van der Waals surface area (Å²) >= 11 is 0. The van der Waals surface area contributed by atoms with Gasteiger partial charge in [-0.1, -0.05) is 216 Å². The predicted molar refractivity (Wildman–Crippen MR) is 265 cm³/mol. The van der Waals surface area contributed by atoms with Crippen LogP contribution < -0.4 is 0 Å². The number of carbonyl (C=O) groups excluding carboxylic acids is 3. The predicted octanol–water partition coefficient (Wildman–Crippen LogP) is 17.3. The Kier molecular flexibility index (Phi) is 48.4. The van der Waals surface area contributed by atoms with Gasteiger partial charge in [0.1, 0.15) is 13.2 Å². The average molecular weight is 867 g/mol. The zero-order valence-corrected chi connectivity index (χ0v) is 40.9. The fraction of sp³-hybridized carbons (Fsp3) is 0.768. The van der Waals surface area contributed by atoms with E-state index in [1.165, 1.54) is 135 Å². The Labute approximate surface area is 383 Å². The molecule has 0 bridgehead atoms. The summed E-state index contributed by atoms with van der Waals surface area (Å²) in [6.07, 6.45) is 62.1. The second-order valence-corrected chi connectivity index (χ2v) is 17.4. The molecule has 6 nitrogen and oxygen atoms in total. The summed E-state index contributed by atoms with van der Waals surface area (Å²) in [5.41, 5.74) is 0. The van der Waals surface area contributed by atoms with E-state index in [9.17, 15) is 14.4 Å². The lowest BCUT2D eigenvalue weighted by Crippen LogP contribution is -2.30. The standard InChI is InChI=1S/C56H98O6/c1-4-7-10-13-16-19-22-24-26-27-28-29-31-32-34-37-40-43-46-49-55(58)61-52-53(51-60-54(57)48-45-42-39-36-21-18-15-12-9-6-3)62-56(59)50-47-44-41-38-35-33-30-25-23-20-17-14-11-8-5-2/h8,11,17,20,25,27-28,30,35,38,53H,4-7,9-10,12-16,18-19,21-24,26,29,31-34,36-37,39-52H2,1-3H3/b11-8-,20-17-,28-27-,30-25-,38-35-/t53-/m1/s1. The van der Waals surface area contributed by atoms with E-state index >= 15 is 0 Å². The summed E-state index contributed by atoms with van der Waals surface area (Å²) < 4.78 is 16.7. The van der Waals surface area contributed by atoms with Crippen LogP contribution in [0.5, 0.6) is 0 Å². The largest absolute Gasteiger partial charge is 0.462 e. The maximum atomic E-state index is 12.8. The summed E-state index contributed by atoms with van der Waals surface area (Å²) in [6, 6.07) is 0. The maximum Gasteiger partial charge on any atom is 0.306 e. The number of carbonyl (C=O) groups is 3. The molecule has 0 saturated heterocycles. The minimum absolute atomic E-state index is 0.0907. The summed E-state index contributed by atoms with van der Waals surface area (Å²) in [6.45, 7) is 6.48. The van der Waals surface area contributed by atoms with E-state index in [0.717, 1.165) is 77.0 Å². The molecular formula is C56H98O6. The van der Waals surface area contributed by atoms with Gasteiger partial charge in [-0.2, -0.15) is 0 Å². The number of unbranched alkanes of at least 4 members (excludes halogenated alkanes) is 26. The van der Waals surface area contributed by atoms with Gasteiger partial charge >= 0.3 is 17.9 Å². The van der Waals surface area contributed by atoms with Crippen LogP contribution in [0.3, 0.4) is 0 Å². The highest BCUT2D eigenvalue weighted by atomic mass is 16.6. The molecule has 0 aliphatic rings.